The lowest BCUT2D eigenvalue weighted by atomic mass is 10.2. The molecule has 0 saturated carbocycles. The van der Waals surface area contributed by atoms with E-state index in [0.29, 0.717) is 28.8 Å². The Kier molecular flexibility index (Phi) is 4.60. The van der Waals surface area contributed by atoms with Gasteiger partial charge in [-0.2, -0.15) is 0 Å². The fourth-order valence-corrected chi connectivity index (χ4v) is 3.25. The number of anilines is 2. The predicted molar refractivity (Wildman–Crippen MR) is 98.0 cm³/mol. The smallest absolute Gasteiger partial charge is 0.274 e. The average Bonchev–Trinajstić information content (AvgIpc) is 2.93. The van der Waals surface area contributed by atoms with Crippen LogP contribution in [0.25, 0.3) is 0 Å². The molecule has 2 aliphatic rings. The number of nitrogens with one attached hydrogen (secondary N) is 1. The van der Waals surface area contributed by atoms with Gasteiger partial charge in [0.2, 0.25) is 12.7 Å². The number of aromatic nitrogens is 2. The van der Waals surface area contributed by atoms with Crippen LogP contribution in [0.3, 0.4) is 0 Å². The summed E-state index contributed by atoms with van der Waals surface area (Å²) in [4.78, 5) is 23.9. The Balaban J connectivity index is 1.53. The lowest BCUT2D eigenvalue weighted by Crippen LogP contribution is -2.27. The van der Waals surface area contributed by atoms with Gasteiger partial charge < -0.3 is 19.7 Å². The number of amides is 1. The van der Waals surface area contributed by atoms with Gasteiger partial charge in [-0.1, -0.05) is 12.8 Å². The van der Waals surface area contributed by atoms with Crippen LogP contribution in [-0.4, -0.2) is 35.8 Å². The number of hydrogen-bond donors (Lipinski definition) is 1. The zero-order valence-corrected chi connectivity index (χ0v) is 14.8. The molecule has 2 aromatic rings. The standard InChI is InChI=1S/C19H22N4O3/c1-13-10-15(22-19(20-13)23-8-4-2-3-5-9-23)18(24)21-14-6-7-16-17(11-14)26-12-25-16/h6-7,10-11H,2-5,8-9,12H2,1H3,(H,21,24). The highest BCUT2D eigenvalue weighted by Crippen LogP contribution is 2.34. The van der Waals surface area contributed by atoms with Gasteiger partial charge in [0.15, 0.2) is 11.5 Å². The SMILES string of the molecule is Cc1cc(C(=O)Nc2ccc3c(c2)OCO3)nc(N2CCCCCC2)n1. The number of aryl methyl sites for hydroxylation is 1. The maximum absolute atomic E-state index is 12.7. The molecular weight excluding hydrogens is 332 g/mol. The molecule has 0 bridgehead atoms. The van der Waals surface area contributed by atoms with Crippen molar-refractivity contribution in [3.63, 3.8) is 0 Å². The Morgan fingerprint density at radius 1 is 1.04 bits per heavy atom. The Morgan fingerprint density at radius 2 is 1.81 bits per heavy atom. The Bertz CT molecular complexity index is 816. The lowest BCUT2D eigenvalue weighted by molar-refractivity contribution is 0.102. The van der Waals surface area contributed by atoms with Crippen molar-refractivity contribution in [3.05, 3.63) is 35.7 Å². The molecule has 7 heteroatoms. The fourth-order valence-electron chi connectivity index (χ4n) is 3.25. The number of fused-ring (bicyclic) bond motifs is 1. The Morgan fingerprint density at radius 3 is 2.62 bits per heavy atom. The summed E-state index contributed by atoms with van der Waals surface area (Å²) < 4.78 is 10.6. The minimum Gasteiger partial charge on any atom is -0.454 e. The molecule has 0 radical (unpaired) electrons. The first-order chi connectivity index (χ1) is 12.7. The van der Waals surface area contributed by atoms with Crippen LogP contribution >= 0.6 is 0 Å². The second kappa shape index (κ2) is 7.19. The first kappa shape index (κ1) is 16.6. The van der Waals surface area contributed by atoms with E-state index in [2.05, 4.69) is 20.2 Å². The first-order valence-corrected chi connectivity index (χ1v) is 9.01. The summed E-state index contributed by atoms with van der Waals surface area (Å²) in [7, 11) is 0. The van der Waals surface area contributed by atoms with Crippen molar-refractivity contribution in [2.45, 2.75) is 32.6 Å². The largest absolute Gasteiger partial charge is 0.454 e. The van der Waals surface area contributed by atoms with E-state index in [0.717, 1.165) is 31.6 Å². The molecule has 1 N–H and O–H groups in total. The molecule has 1 saturated heterocycles. The molecule has 26 heavy (non-hydrogen) atoms. The van der Waals surface area contributed by atoms with Gasteiger partial charge in [-0.05, 0) is 38.0 Å². The van der Waals surface area contributed by atoms with E-state index in [4.69, 9.17) is 9.47 Å². The van der Waals surface area contributed by atoms with Crippen molar-refractivity contribution >= 4 is 17.5 Å². The average molecular weight is 354 g/mol. The van der Waals surface area contributed by atoms with Crippen LogP contribution in [-0.2, 0) is 0 Å². The maximum Gasteiger partial charge on any atom is 0.274 e. The van der Waals surface area contributed by atoms with E-state index in [1.165, 1.54) is 12.8 Å². The minimum atomic E-state index is -0.259. The van der Waals surface area contributed by atoms with Crippen LogP contribution in [0, 0.1) is 6.92 Å². The number of hydrogen-bond acceptors (Lipinski definition) is 6. The van der Waals surface area contributed by atoms with Crippen LogP contribution < -0.4 is 19.7 Å². The van der Waals surface area contributed by atoms with Gasteiger partial charge in [0.1, 0.15) is 5.69 Å². The molecule has 3 heterocycles. The summed E-state index contributed by atoms with van der Waals surface area (Å²) in [6.07, 6.45) is 4.74. The van der Waals surface area contributed by atoms with Crippen molar-refractivity contribution in [1.82, 2.24) is 9.97 Å². The van der Waals surface area contributed by atoms with E-state index in [9.17, 15) is 4.79 Å². The van der Waals surface area contributed by atoms with Gasteiger partial charge in [-0.15, -0.1) is 0 Å². The van der Waals surface area contributed by atoms with Crippen LogP contribution in [0.15, 0.2) is 24.3 Å². The van der Waals surface area contributed by atoms with Crippen molar-refractivity contribution in [2.24, 2.45) is 0 Å². The normalized spacial score (nSPS) is 16.3. The molecule has 0 unspecified atom stereocenters. The van der Waals surface area contributed by atoms with Gasteiger partial charge in [-0.3, -0.25) is 4.79 Å². The third kappa shape index (κ3) is 3.56. The topological polar surface area (TPSA) is 76.6 Å². The Labute approximate surface area is 152 Å². The maximum atomic E-state index is 12.7. The molecule has 1 amide bonds. The quantitative estimate of drug-likeness (QED) is 0.912. The van der Waals surface area contributed by atoms with Crippen LogP contribution in [0.5, 0.6) is 11.5 Å². The molecule has 7 nitrogen and oxygen atoms in total. The first-order valence-electron chi connectivity index (χ1n) is 9.01. The fraction of sp³-hybridized carbons (Fsp3) is 0.421. The summed E-state index contributed by atoms with van der Waals surface area (Å²) in [6.45, 7) is 3.97. The van der Waals surface area contributed by atoms with Gasteiger partial charge in [0, 0.05) is 30.5 Å². The van der Waals surface area contributed by atoms with E-state index in [1.807, 2.05) is 6.92 Å². The summed E-state index contributed by atoms with van der Waals surface area (Å²) in [6, 6.07) is 7.04. The second-order valence-electron chi connectivity index (χ2n) is 6.62. The van der Waals surface area contributed by atoms with E-state index in [1.54, 1.807) is 24.3 Å². The van der Waals surface area contributed by atoms with E-state index >= 15 is 0 Å². The molecule has 136 valence electrons. The lowest BCUT2D eigenvalue weighted by Gasteiger charge is -2.21. The number of nitrogens with zero attached hydrogens (tertiary/aromatic N) is 3. The molecule has 2 aliphatic heterocycles. The molecular formula is C19H22N4O3. The molecule has 1 aromatic carbocycles. The monoisotopic (exact) mass is 354 g/mol. The summed E-state index contributed by atoms with van der Waals surface area (Å²) >= 11 is 0. The van der Waals surface area contributed by atoms with Gasteiger partial charge >= 0.3 is 0 Å². The number of carbonyl (C=O) groups excluding carboxylic acids is 1. The number of carbonyl (C=O) groups is 1. The third-order valence-corrected chi connectivity index (χ3v) is 4.59. The molecule has 1 aromatic heterocycles. The van der Waals surface area contributed by atoms with Gasteiger partial charge in [0.25, 0.3) is 5.91 Å². The highest BCUT2D eigenvalue weighted by molar-refractivity contribution is 6.03. The number of benzene rings is 1. The van der Waals surface area contributed by atoms with Gasteiger partial charge in [0.05, 0.1) is 0 Å². The third-order valence-electron chi connectivity index (χ3n) is 4.59. The van der Waals surface area contributed by atoms with Crippen molar-refractivity contribution in [3.8, 4) is 11.5 Å². The summed E-state index contributed by atoms with van der Waals surface area (Å²) in [5.41, 5.74) is 1.80. The van der Waals surface area contributed by atoms with Crippen LogP contribution in [0.2, 0.25) is 0 Å². The molecule has 1 fully saturated rings. The summed E-state index contributed by atoms with van der Waals surface area (Å²) in [5, 5.41) is 2.87. The molecule has 0 spiro atoms. The number of rotatable bonds is 3. The van der Waals surface area contributed by atoms with Gasteiger partial charge in [-0.25, -0.2) is 9.97 Å². The van der Waals surface area contributed by atoms with Crippen LogP contribution in [0.4, 0.5) is 11.6 Å². The molecule has 0 aliphatic carbocycles. The minimum absolute atomic E-state index is 0.205. The molecule has 4 rings (SSSR count). The zero-order valence-electron chi connectivity index (χ0n) is 14.8. The van der Waals surface area contributed by atoms with Crippen LogP contribution in [0.1, 0.15) is 41.9 Å². The number of ether oxygens (including phenoxy) is 2. The highest BCUT2D eigenvalue weighted by atomic mass is 16.7. The van der Waals surface area contributed by atoms with E-state index < -0.39 is 0 Å². The summed E-state index contributed by atoms with van der Waals surface area (Å²) in [5.74, 6) is 1.70. The van der Waals surface area contributed by atoms with Crippen molar-refractivity contribution in [1.29, 1.82) is 0 Å². The predicted octanol–water partition coefficient (Wildman–Crippen LogP) is 3.15. The zero-order chi connectivity index (χ0) is 17.9. The highest BCUT2D eigenvalue weighted by Gasteiger charge is 2.18. The van der Waals surface area contributed by atoms with Crippen molar-refractivity contribution in [2.75, 3.05) is 30.1 Å². The van der Waals surface area contributed by atoms with E-state index in [-0.39, 0.29) is 12.7 Å². The molecule has 0 atom stereocenters. The Hall–Kier alpha value is -2.83. The second-order valence-corrected chi connectivity index (χ2v) is 6.62. The van der Waals surface area contributed by atoms with Crippen molar-refractivity contribution < 1.29 is 14.3 Å².